The topological polar surface area (TPSA) is 59.1 Å². The number of carbonyl (C=O) groups is 2. The Hall–Kier alpha value is -1.40. The third-order valence-corrected chi connectivity index (χ3v) is 5.53. The average molecular weight is 722 g/mol. The second-order valence-electron chi connectivity index (χ2n) is 7.02. The number of carbonyl (C=O) groups excluding carboxylic acids is 2. The molecular weight excluding hydrogens is 699 g/mol. The monoisotopic (exact) mass is 721 g/mol. The van der Waals surface area contributed by atoms with Crippen molar-refractivity contribution in [1.82, 2.24) is 10.3 Å². The number of thiazole rings is 1. The van der Waals surface area contributed by atoms with Gasteiger partial charge in [0.25, 0.3) is 0 Å². The largest absolute Gasteiger partial charge is 0.416 e. The summed E-state index contributed by atoms with van der Waals surface area (Å²) in [4.78, 5) is 26.7. The fourth-order valence-corrected chi connectivity index (χ4v) is 4.03. The molecule has 0 fully saturated rings. The minimum atomic E-state index is -4.41. The van der Waals surface area contributed by atoms with Crippen molar-refractivity contribution in [1.29, 1.82) is 0 Å². The number of benzene rings is 2. The summed E-state index contributed by atoms with van der Waals surface area (Å²) in [7, 11) is 0. The first-order chi connectivity index (χ1) is 14.9. The molecular formula is C23H23ClF3N2O2SU-. The number of ketones is 1. The normalized spacial score (nSPS) is 10.8. The third-order valence-electron chi connectivity index (χ3n) is 4.40. The number of aryl methyl sites for hydroxylation is 2. The SMILES string of the molecule is CCC(=O)NCc1cc(C(F)(F)F)cc2sc(C)nc12.CCC(=O)c1[c-]c(C)cc(Cl)c1.[U]. The fourth-order valence-electron chi connectivity index (χ4n) is 2.84. The molecule has 0 saturated heterocycles. The fraction of sp³-hybridized carbons (Fsp3) is 0.348. The summed E-state index contributed by atoms with van der Waals surface area (Å²) in [5.41, 5.74) is 1.69. The minimum Gasteiger partial charge on any atom is -0.352 e. The quantitative estimate of drug-likeness (QED) is 0.236. The van der Waals surface area contributed by atoms with E-state index in [0.29, 0.717) is 37.8 Å². The zero-order valence-electron chi connectivity index (χ0n) is 18.6. The number of rotatable bonds is 5. The summed E-state index contributed by atoms with van der Waals surface area (Å²) in [5.74, 6) is -0.122. The van der Waals surface area contributed by atoms with E-state index in [1.807, 2.05) is 13.8 Å². The molecule has 0 unspecified atom stereocenters. The third kappa shape index (κ3) is 8.71. The molecule has 1 amide bonds. The van der Waals surface area contributed by atoms with Crippen molar-refractivity contribution in [3.8, 4) is 0 Å². The van der Waals surface area contributed by atoms with Gasteiger partial charge in [0.1, 0.15) is 0 Å². The first kappa shape index (κ1) is 29.6. The molecule has 2 aromatic carbocycles. The average Bonchev–Trinajstić information content (AvgIpc) is 3.10. The number of nitrogens with one attached hydrogen (secondary N) is 1. The summed E-state index contributed by atoms with van der Waals surface area (Å²) < 4.78 is 39.1. The maximum Gasteiger partial charge on any atom is 0.416 e. The number of halogens is 4. The molecule has 0 aliphatic rings. The van der Waals surface area contributed by atoms with Crippen LogP contribution in [0, 0.1) is 51.0 Å². The van der Waals surface area contributed by atoms with Gasteiger partial charge < -0.3 is 10.1 Å². The first-order valence-electron chi connectivity index (χ1n) is 9.91. The minimum absolute atomic E-state index is 0. The van der Waals surface area contributed by atoms with Crippen molar-refractivity contribution in [3.63, 3.8) is 0 Å². The molecule has 1 N–H and O–H groups in total. The summed E-state index contributed by atoms with van der Waals surface area (Å²) in [6, 6.07) is 8.56. The van der Waals surface area contributed by atoms with Crippen molar-refractivity contribution in [2.24, 2.45) is 0 Å². The number of amides is 1. The van der Waals surface area contributed by atoms with E-state index in [1.165, 1.54) is 11.3 Å². The van der Waals surface area contributed by atoms with Crippen LogP contribution in [-0.2, 0) is 17.5 Å². The molecule has 1 heterocycles. The molecule has 0 spiro atoms. The number of hydrogen-bond acceptors (Lipinski definition) is 4. The van der Waals surface area contributed by atoms with Crippen LogP contribution in [0.5, 0.6) is 0 Å². The second kappa shape index (κ2) is 12.9. The number of alkyl halides is 3. The van der Waals surface area contributed by atoms with Crippen molar-refractivity contribution >= 4 is 44.8 Å². The summed E-state index contributed by atoms with van der Waals surface area (Å²) >= 11 is 6.99. The van der Waals surface area contributed by atoms with E-state index in [2.05, 4.69) is 16.4 Å². The Balaban J connectivity index is 0.000000361. The van der Waals surface area contributed by atoms with E-state index in [4.69, 9.17) is 11.6 Å². The Labute approximate surface area is 223 Å². The Morgan fingerprint density at radius 1 is 1.12 bits per heavy atom. The van der Waals surface area contributed by atoms with E-state index < -0.39 is 11.7 Å². The van der Waals surface area contributed by atoms with E-state index in [-0.39, 0.29) is 55.8 Å². The standard InChI is InChI=1S/C13H13F3N2OS.C10H10ClO.U/c1-3-11(19)17-6-8-4-9(13(14,15)16)5-10-12(8)18-7(2)20-10;1-3-10(12)8-4-7(2)5-9(11)6-8;/h4-5H,3,6H2,1-2H3,(H,17,19);5-6H,3H2,1-2H3;/q;-1;. The van der Waals surface area contributed by atoms with E-state index in [1.54, 1.807) is 26.0 Å². The van der Waals surface area contributed by atoms with Gasteiger partial charge in [0.15, 0.2) is 0 Å². The van der Waals surface area contributed by atoms with E-state index in [0.717, 1.165) is 17.7 Å². The van der Waals surface area contributed by atoms with Crippen LogP contribution in [0.15, 0.2) is 24.3 Å². The van der Waals surface area contributed by atoms with Gasteiger partial charge in [0, 0.05) is 44.1 Å². The van der Waals surface area contributed by atoms with Crippen molar-refractivity contribution in [2.45, 2.75) is 53.3 Å². The number of hydrogen-bond donors (Lipinski definition) is 1. The Kier molecular flexibility index (Phi) is 11.6. The molecule has 33 heavy (non-hydrogen) atoms. The zero-order valence-corrected chi connectivity index (χ0v) is 24.4. The van der Waals surface area contributed by atoms with Crippen LogP contribution >= 0.6 is 22.9 Å². The van der Waals surface area contributed by atoms with Crippen LogP contribution in [0.1, 0.15) is 58.7 Å². The number of aromatic nitrogens is 1. The summed E-state index contributed by atoms with van der Waals surface area (Å²) in [6.45, 7) is 7.18. The van der Waals surface area contributed by atoms with Crippen LogP contribution in [-0.4, -0.2) is 16.7 Å². The van der Waals surface area contributed by atoms with Gasteiger partial charge in [-0.2, -0.15) is 13.2 Å². The van der Waals surface area contributed by atoms with Crippen molar-refractivity contribution in [3.05, 3.63) is 62.6 Å². The summed E-state index contributed by atoms with van der Waals surface area (Å²) in [5, 5.41) is 3.88. The van der Waals surface area contributed by atoms with Gasteiger partial charge in [0.2, 0.25) is 5.91 Å². The van der Waals surface area contributed by atoms with Gasteiger partial charge in [-0.15, -0.1) is 52.3 Å². The van der Waals surface area contributed by atoms with Crippen LogP contribution in [0.2, 0.25) is 5.02 Å². The Morgan fingerprint density at radius 2 is 1.79 bits per heavy atom. The summed E-state index contributed by atoms with van der Waals surface area (Å²) in [6.07, 6.45) is -3.62. The number of Topliss-reactive ketones (excluding diaryl/α,β-unsaturated/α-hetero) is 1. The maximum absolute atomic E-state index is 12.9. The molecule has 0 aliphatic heterocycles. The van der Waals surface area contributed by atoms with Crippen molar-refractivity contribution < 1.29 is 53.9 Å². The molecule has 176 valence electrons. The van der Waals surface area contributed by atoms with Gasteiger partial charge in [-0.05, 0) is 36.1 Å². The van der Waals surface area contributed by atoms with Gasteiger partial charge in [-0.1, -0.05) is 20.8 Å². The Morgan fingerprint density at radius 3 is 2.33 bits per heavy atom. The smallest absolute Gasteiger partial charge is 0.352 e. The van der Waals surface area contributed by atoms with Gasteiger partial charge in [0.05, 0.1) is 26.6 Å². The molecule has 3 aromatic rings. The van der Waals surface area contributed by atoms with E-state index in [9.17, 15) is 22.8 Å². The molecule has 3 rings (SSSR count). The predicted octanol–water partition coefficient (Wildman–Crippen LogP) is 6.69. The second-order valence-corrected chi connectivity index (χ2v) is 8.69. The molecule has 10 heteroatoms. The Bertz CT molecular complexity index is 1110. The molecule has 0 saturated carbocycles. The molecule has 0 atom stereocenters. The molecule has 0 aliphatic carbocycles. The van der Waals surface area contributed by atoms with Crippen LogP contribution in [0.3, 0.4) is 0 Å². The maximum atomic E-state index is 12.9. The molecule has 0 bridgehead atoms. The van der Waals surface area contributed by atoms with Gasteiger partial charge >= 0.3 is 6.18 Å². The molecule has 4 nitrogen and oxygen atoms in total. The first-order valence-corrected chi connectivity index (χ1v) is 11.1. The van der Waals surface area contributed by atoms with Crippen molar-refractivity contribution in [2.75, 3.05) is 0 Å². The number of fused-ring (bicyclic) bond motifs is 1. The van der Waals surface area contributed by atoms with Crippen LogP contribution in [0.4, 0.5) is 13.2 Å². The molecule has 1 aromatic heterocycles. The van der Waals surface area contributed by atoms with E-state index >= 15 is 0 Å². The number of nitrogens with zero attached hydrogens (tertiary/aromatic N) is 1. The van der Waals surface area contributed by atoms with Gasteiger partial charge in [-0.25, -0.2) is 4.98 Å². The molecule has 0 radical (unpaired) electrons. The zero-order chi connectivity index (χ0) is 24.1. The van der Waals surface area contributed by atoms with Crippen LogP contribution < -0.4 is 5.32 Å². The van der Waals surface area contributed by atoms with Crippen LogP contribution in [0.25, 0.3) is 10.2 Å². The van der Waals surface area contributed by atoms with Gasteiger partial charge in [-0.3, -0.25) is 4.79 Å². The predicted molar refractivity (Wildman–Crippen MR) is 121 cm³/mol.